The molecule has 160 valence electrons. The van der Waals surface area contributed by atoms with Gasteiger partial charge in [-0.15, -0.1) is 0 Å². The van der Waals surface area contributed by atoms with Gasteiger partial charge in [0.2, 0.25) is 5.91 Å². The lowest BCUT2D eigenvalue weighted by molar-refractivity contribution is -0.117. The van der Waals surface area contributed by atoms with Crippen molar-refractivity contribution < 1.29 is 13.2 Å². The van der Waals surface area contributed by atoms with Gasteiger partial charge in [-0.3, -0.25) is 9.69 Å². The van der Waals surface area contributed by atoms with Crippen LogP contribution in [0.2, 0.25) is 0 Å². The van der Waals surface area contributed by atoms with Gasteiger partial charge in [-0.1, -0.05) is 6.42 Å². The lowest BCUT2D eigenvalue weighted by Gasteiger charge is -2.33. The average Bonchev–Trinajstić information content (AvgIpc) is 3.34. The Balaban J connectivity index is 1.53. The highest BCUT2D eigenvalue weighted by Crippen LogP contribution is 2.38. The average molecular weight is 431 g/mol. The van der Waals surface area contributed by atoms with Crippen LogP contribution in [0.15, 0.2) is 17.6 Å². The largest absolute Gasteiger partial charge is 0.339 e. The van der Waals surface area contributed by atoms with Crippen LogP contribution in [-0.2, 0) is 28.3 Å². The normalized spacial score (nSPS) is 22.5. The molecule has 2 aromatic rings. The summed E-state index contributed by atoms with van der Waals surface area (Å²) in [6.07, 6.45) is 7.98. The van der Waals surface area contributed by atoms with Crippen molar-refractivity contribution in [3.63, 3.8) is 0 Å². The molecule has 3 aliphatic rings. The van der Waals surface area contributed by atoms with Crippen LogP contribution < -0.4 is 4.90 Å². The van der Waals surface area contributed by atoms with Crippen LogP contribution in [0.3, 0.4) is 0 Å². The Morgan fingerprint density at radius 1 is 1.17 bits per heavy atom. The van der Waals surface area contributed by atoms with Crippen LogP contribution in [0.4, 0.5) is 5.82 Å². The van der Waals surface area contributed by atoms with E-state index >= 15 is 0 Å². The van der Waals surface area contributed by atoms with Crippen molar-refractivity contribution in [2.24, 2.45) is 13.0 Å². The first kappa shape index (κ1) is 19.6. The number of nitrogens with zero attached hydrogens (tertiary/aromatic N) is 6. The topological polar surface area (TPSA) is 101 Å². The molecule has 4 heterocycles. The molecule has 2 aromatic heterocycles. The van der Waals surface area contributed by atoms with Gasteiger partial charge in [0.25, 0.3) is 10.0 Å². The fraction of sp³-hybridized carbons (Fsp3) is 0.600. The van der Waals surface area contributed by atoms with Crippen LogP contribution >= 0.6 is 0 Å². The van der Waals surface area contributed by atoms with Gasteiger partial charge in [0.15, 0.2) is 5.03 Å². The van der Waals surface area contributed by atoms with Crippen LogP contribution in [0, 0.1) is 12.8 Å². The summed E-state index contributed by atoms with van der Waals surface area (Å²) in [5.41, 5.74) is 1.64. The molecule has 0 bridgehead atoms. The summed E-state index contributed by atoms with van der Waals surface area (Å²) >= 11 is 0. The van der Waals surface area contributed by atoms with E-state index in [4.69, 9.17) is 4.98 Å². The first-order chi connectivity index (χ1) is 14.3. The molecule has 1 saturated heterocycles. The number of rotatable bonds is 5. The van der Waals surface area contributed by atoms with Gasteiger partial charge in [0, 0.05) is 37.6 Å². The first-order valence-corrected chi connectivity index (χ1v) is 12.0. The zero-order valence-corrected chi connectivity index (χ0v) is 18.1. The van der Waals surface area contributed by atoms with Gasteiger partial charge in [-0.05, 0) is 38.5 Å². The quantitative estimate of drug-likeness (QED) is 0.716. The third-order valence-corrected chi connectivity index (χ3v) is 8.03. The second-order valence-electron chi connectivity index (χ2n) is 8.60. The summed E-state index contributed by atoms with van der Waals surface area (Å²) in [7, 11) is -2.01. The smallest absolute Gasteiger partial charge is 0.262 e. The third kappa shape index (κ3) is 3.31. The zero-order chi connectivity index (χ0) is 21.0. The Morgan fingerprint density at radius 2 is 1.97 bits per heavy atom. The van der Waals surface area contributed by atoms with Crippen molar-refractivity contribution in [2.45, 2.75) is 56.5 Å². The highest BCUT2D eigenvalue weighted by Gasteiger charge is 2.40. The molecular formula is C20H26N6O3S. The van der Waals surface area contributed by atoms with Gasteiger partial charge in [0.1, 0.15) is 11.6 Å². The number of carbonyl (C=O) groups excluding carboxylic acids is 1. The molecule has 10 heteroatoms. The number of piperidine rings is 1. The summed E-state index contributed by atoms with van der Waals surface area (Å²) in [5, 5.41) is 0.0420. The van der Waals surface area contributed by atoms with Gasteiger partial charge >= 0.3 is 0 Å². The van der Waals surface area contributed by atoms with E-state index in [0.29, 0.717) is 43.5 Å². The van der Waals surface area contributed by atoms with Gasteiger partial charge < -0.3 is 4.57 Å². The van der Waals surface area contributed by atoms with E-state index in [1.807, 2.05) is 6.92 Å². The molecule has 9 nitrogen and oxygen atoms in total. The maximum absolute atomic E-state index is 13.3. The van der Waals surface area contributed by atoms with Gasteiger partial charge in [-0.25, -0.2) is 23.4 Å². The van der Waals surface area contributed by atoms with Crippen LogP contribution in [0.25, 0.3) is 0 Å². The van der Waals surface area contributed by atoms with Crippen molar-refractivity contribution in [1.82, 2.24) is 23.8 Å². The van der Waals surface area contributed by atoms with E-state index in [2.05, 4.69) is 9.97 Å². The van der Waals surface area contributed by atoms with Crippen molar-refractivity contribution in [1.29, 1.82) is 0 Å². The lowest BCUT2D eigenvalue weighted by atomic mass is 10.0. The molecule has 1 amide bonds. The van der Waals surface area contributed by atoms with Gasteiger partial charge in [-0.2, -0.15) is 4.31 Å². The highest BCUT2D eigenvalue weighted by atomic mass is 32.2. The fourth-order valence-electron chi connectivity index (χ4n) is 4.39. The van der Waals surface area contributed by atoms with Crippen molar-refractivity contribution >= 4 is 21.7 Å². The number of hydrogen-bond acceptors (Lipinski definition) is 6. The molecule has 0 radical (unpaired) electrons. The molecule has 5 rings (SSSR count). The minimum Gasteiger partial charge on any atom is -0.339 e. The van der Waals surface area contributed by atoms with Crippen molar-refractivity contribution in [2.75, 3.05) is 18.0 Å². The number of carbonyl (C=O) groups is 1. The monoisotopic (exact) mass is 430 g/mol. The standard InChI is InChI=1S/C20H26N6O3S/c1-13-15-9-18(27)25(10-14-6-7-14)20(15)23-19(22-13)16-5-3-4-8-26(16)30(28,29)17-11-24(2)12-21-17/h11-12,14,16H,3-10H2,1-2H3/t16-/m1/s1. The Kier molecular flexibility index (Phi) is 4.66. The second kappa shape index (κ2) is 7.12. The van der Waals surface area contributed by atoms with Crippen molar-refractivity contribution in [3.05, 3.63) is 29.6 Å². The molecule has 30 heavy (non-hydrogen) atoms. The van der Waals surface area contributed by atoms with Crippen molar-refractivity contribution in [3.8, 4) is 0 Å². The highest BCUT2D eigenvalue weighted by molar-refractivity contribution is 7.89. The fourth-order valence-corrected chi connectivity index (χ4v) is 6.01. The van der Waals surface area contributed by atoms with Crippen LogP contribution in [0.1, 0.15) is 55.2 Å². The number of amides is 1. The third-order valence-electron chi connectivity index (χ3n) is 6.24. The molecule has 1 aliphatic carbocycles. The number of anilines is 1. The summed E-state index contributed by atoms with van der Waals surface area (Å²) in [6.45, 7) is 2.99. The first-order valence-electron chi connectivity index (χ1n) is 10.5. The Morgan fingerprint density at radius 3 is 2.67 bits per heavy atom. The Hall–Kier alpha value is -2.33. The summed E-state index contributed by atoms with van der Waals surface area (Å²) < 4.78 is 29.7. The van der Waals surface area contributed by atoms with E-state index < -0.39 is 16.1 Å². The number of fused-ring (bicyclic) bond motifs is 1. The number of sulfonamides is 1. The predicted molar refractivity (Wildman–Crippen MR) is 109 cm³/mol. The summed E-state index contributed by atoms with van der Waals surface area (Å²) in [5.74, 6) is 1.78. The number of aromatic nitrogens is 4. The van der Waals surface area contributed by atoms with E-state index in [-0.39, 0.29) is 10.9 Å². The molecule has 2 aliphatic heterocycles. The van der Waals surface area contributed by atoms with E-state index in [0.717, 1.165) is 36.9 Å². The van der Waals surface area contributed by atoms with E-state index in [9.17, 15) is 13.2 Å². The molecular weight excluding hydrogens is 404 g/mol. The summed E-state index contributed by atoms with van der Waals surface area (Å²) in [4.78, 5) is 27.9. The summed E-state index contributed by atoms with van der Waals surface area (Å²) in [6, 6.07) is -0.451. The maximum atomic E-state index is 13.3. The van der Waals surface area contributed by atoms with Crippen LogP contribution in [0.5, 0.6) is 0 Å². The molecule has 1 atom stereocenters. The molecule has 2 fully saturated rings. The molecule has 0 unspecified atom stereocenters. The maximum Gasteiger partial charge on any atom is 0.262 e. The van der Waals surface area contributed by atoms with Crippen LogP contribution in [-0.4, -0.2) is 51.2 Å². The molecule has 0 N–H and O–H groups in total. The number of imidazole rings is 1. The minimum absolute atomic E-state index is 0.0420. The van der Waals surface area contributed by atoms with Gasteiger partial charge in [0.05, 0.1) is 18.8 Å². The Labute approximate surface area is 176 Å². The molecule has 1 saturated carbocycles. The number of aryl methyl sites for hydroxylation is 2. The van der Waals surface area contributed by atoms with E-state index in [1.54, 1.807) is 16.5 Å². The van der Waals surface area contributed by atoms with E-state index in [1.165, 1.54) is 16.8 Å². The molecule has 0 spiro atoms. The SMILES string of the molecule is Cc1nc([C@H]2CCCCN2S(=O)(=O)c2cn(C)cn2)nc2c1CC(=O)N2CC1CC1. The predicted octanol–water partition coefficient (Wildman–Crippen LogP) is 1.73. The molecule has 0 aromatic carbocycles. The Bertz CT molecular complexity index is 1110. The number of hydrogen-bond donors (Lipinski definition) is 0. The second-order valence-corrected chi connectivity index (χ2v) is 10.4. The minimum atomic E-state index is -3.76. The zero-order valence-electron chi connectivity index (χ0n) is 17.3. The lowest BCUT2D eigenvalue weighted by Crippen LogP contribution is -2.39.